The molecule has 2 N–H and O–H groups in total. The van der Waals surface area contributed by atoms with Gasteiger partial charge >= 0.3 is 0 Å². The summed E-state index contributed by atoms with van der Waals surface area (Å²) in [7, 11) is 13.5. The molecule has 10 nitrogen and oxygen atoms in total. The number of hydrogen-bond acceptors (Lipinski definition) is 10. The van der Waals surface area contributed by atoms with Crippen LogP contribution >= 0.6 is 0 Å². The molecular weight excluding hydrogens is 684 g/mol. The minimum absolute atomic E-state index is 0.100. The number of allylic oxidation sites excluding steroid dienone is 2. The minimum Gasteiger partial charge on any atom is -0.493 e. The largest absolute Gasteiger partial charge is 0.493 e. The summed E-state index contributed by atoms with van der Waals surface area (Å²) in [6.45, 7) is 1.76. The van der Waals surface area contributed by atoms with Crippen molar-refractivity contribution in [3.8, 4) is 46.0 Å². The van der Waals surface area contributed by atoms with Crippen LogP contribution in [0.5, 0.6) is 46.0 Å². The summed E-state index contributed by atoms with van der Waals surface area (Å²) in [4.78, 5) is 0. The zero-order valence-corrected chi connectivity index (χ0v) is 32.9. The van der Waals surface area contributed by atoms with E-state index in [9.17, 15) is 0 Å². The van der Waals surface area contributed by atoms with Crippen LogP contribution in [-0.4, -0.2) is 70.0 Å². The molecule has 2 heterocycles. The van der Waals surface area contributed by atoms with Crippen molar-refractivity contribution in [2.45, 2.75) is 50.6 Å². The molecule has 2 aliphatic heterocycles. The minimum atomic E-state index is 0.100. The second-order valence-corrected chi connectivity index (χ2v) is 13.6. The zero-order valence-electron chi connectivity index (χ0n) is 32.9. The SMILES string of the molecule is COc1cc(C/C=C/Cc2cc(OC)c(OC)cc2C[C@H]2NCCc3cc(OC)c(OC)cc32)c(C[C@H]2NCCc3cc(OC)c(OC)cc32)cc1OC. The van der Waals surface area contributed by atoms with Gasteiger partial charge < -0.3 is 48.5 Å². The predicted molar refractivity (Wildman–Crippen MR) is 211 cm³/mol. The van der Waals surface area contributed by atoms with Crippen molar-refractivity contribution in [1.29, 1.82) is 0 Å². The molecule has 0 bridgehead atoms. The molecule has 4 aromatic carbocycles. The molecule has 0 fully saturated rings. The van der Waals surface area contributed by atoms with E-state index in [0.717, 1.165) is 74.6 Å². The van der Waals surface area contributed by atoms with Crippen molar-refractivity contribution in [2.24, 2.45) is 0 Å². The second kappa shape index (κ2) is 17.8. The van der Waals surface area contributed by atoms with Gasteiger partial charge in [0.15, 0.2) is 46.0 Å². The van der Waals surface area contributed by atoms with Crippen LogP contribution in [0.3, 0.4) is 0 Å². The molecule has 0 saturated heterocycles. The Morgan fingerprint density at radius 3 is 1.06 bits per heavy atom. The summed E-state index contributed by atoms with van der Waals surface area (Å²) < 4.78 is 45.6. The third-order valence-electron chi connectivity index (χ3n) is 10.7. The normalized spacial score (nSPS) is 16.3. The van der Waals surface area contributed by atoms with Crippen LogP contribution in [0.2, 0.25) is 0 Å². The van der Waals surface area contributed by atoms with Crippen LogP contribution in [0.1, 0.15) is 56.6 Å². The van der Waals surface area contributed by atoms with Crippen LogP contribution in [0, 0.1) is 0 Å². The third kappa shape index (κ3) is 8.20. The van der Waals surface area contributed by atoms with Gasteiger partial charge in [0, 0.05) is 12.1 Å². The maximum absolute atomic E-state index is 5.76. The summed E-state index contributed by atoms with van der Waals surface area (Å²) >= 11 is 0. The number of rotatable bonds is 16. The van der Waals surface area contributed by atoms with E-state index in [2.05, 4.69) is 71.3 Å². The highest BCUT2D eigenvalue weighted by Gasteiger charge is 2.26. The zero-order chi connectivity index (χ0) is 38.2. The van der Waals surface area contributed by atoms with E-state index in [-0.39, 0.29) is 12.1 Å². The summed E-state index contributed by atoms with van der Waals surface area (Å²) in [5, 5.41) is 7.49. The van der Waals surface area contributed by atoms with Crippen molar-refractivity contribution in [1.82, 2.24) is 10.6 Å². The molecule has 0 aliphatic carbocycles. The van der Waals surface area contributed by atoms with E-state index in [4.69, 9.17) is 37.9 Å². The Bertz CT molecular complexity index is 1820. The fourth-order valence-corrected chi connectivity index (χ4v) is 7.85. The molecule has 4 aromatic rings. The molecule has 2 aliphatic rings. The quantitative estimate of drug-likeness (QED) is 0.118. The van der Waals surface area contributed by atoms with Gasteiger partial charge in [0.1, 0.15) is 0 Å². The smallest absolute Gasteiger partial charge is 0.161 e. The highest BCUT2D eigenvalue weighted by molar-refractivity contribution is 5.54. The molecule has 54 heavy (non-hydrogen) atoms. The van der Waals surface area contributed by atoms with Gasteiger partial charge in [0.2, 0.25) is 0 Å². The first-order chi connectivity index (χ1) is 26.4. The molecule has 0 saturated carbocycles. The van der Waals surface area contributed by atoms with Crippen molar-refractivity contribution < 1.29 is 37.9 Å². The van der Waals surface area contributed by atoms with Crippen LogP contribution in [0.15, 0.2) is 60.7 Å². The lowest BCUT2D eigenvalue weighted by Crippen LogP contribution is -2.31. The molecular formula is C44H54N2O8. The number of fused-ring (bicyclic) bond motifs is 2. The molecule has 0 unspecified atom stereocenters. The van der Waals surface area contributed by atoms with Crippen molar-refractivity contribution in [3.63, 3.8) is 0 Å². The number of hydrogen-bond donors (Lipinski definition) is 2. The summed E-state index contributed by atoms with van der Waals surface area (Å²) in [6.07, 6.45) is 9.35. The maximum Gasteiger partial charge on any atom is 0.161 e. The fraction of sp³-hybridized carbons (Fsp3) is 0.409. The van der Waals surface area contributed by atoms with Gasteiger partial charge in [0.25, 0.3) is 0 Å². The molecule has 0 aromatic heterocycles. The molecule has 288 valence electrons. The molecule has 0 amide bonds. The Kier molecular flexibility index (Phi) is 12.8. The van der Waals surface area contributed by atoms with E-state index in [1.165, 1.54) is 44.5 Å². The topological polar surface area (TPSA) is 97.9 Å². The molecule has 6 rings (SSSR count). The van der Waals surface area contributed by atoms with Crippen LogP contribution in [0.25, 0.3) is 0 Å². The van der Waals surface area contributed by atoms with Crippen LogP contribution in [0.4, 0.5) is 0 Å². The molecule has 0 radical (unpaired) electrons. The highest BCUT2D eigenvalue weighted by Crippen LogP contribution is 2.40. The lowest BCUT2D eigenvalue weighted by Gasteiger charge is -2.29. The molecule has 0 spiro atoms. The summed E-state index contributed by atoms with van der Waals surface area (Å²) in [5.74, 6) is 5.84. The Morgan fingerprint density at radius 1 is 0.426 bits per heavy atom. The summed E-state index contributed by atoms with van der Waals surface area (Å²) in [6, 6.07) is 17.1. The van der Waals surface area contributed by atoms with Gasteiger partial charge in [-0.1, -0.05) is 12.2 Å². The van der Waals surface area contributed by atoms with E-state index in [1.54, 1.807) is 56.9 Å². The average molecular weight is 739 g/mol. The van der Waals surface area contributed by atoms with Gasteiger partial charge in [-0.05, 0) is 145 Å². The first kappa shape index (κ1) is 38.7. The van der Waals surface area contributed by atoms with Crippen molar-refractivity contribution >= 4 is 0 Å². The predicted octanol–water partition coefficient (Wildman–Crippen LogP) is 6.96. The van der Waals surface area contributed by atoms with Crippen LogP contribution < -0.4 is 48.5 Å². The number of benzene rings is 4. The molecule has 10 heteroatoms. The molecule has 2 atom stereocenters. The first-order valence-electron chi connectivity index (χ1n) is 18.5. The first-order valence-corrected chi connectivity index (χ1v) is 18.5. The lowest BCUT2D eigenvalue weighted by atomic mass is 9.87. The average Bonchev–Trinajstić information content (AvgIpc) is 3.21. The van der Waals surface area contributed by atoms with Crippen molar-refractivity contribution in [3.05, 3.63) is 105 Å². The van der Waals surface area contributed by atoms with E-state index in [0.29, 0.717) is 23.0 Å². The van der Waals surface area contributed by atoms with Crippen molar-refractivity contribution in [2.75, 3.05) is 70.0 Å². The van der Waals surface area contributed by atoms with Crippen LogP contribution in [-0.2, 0) is 38.5 Å². The van der Waals surface area contributed by atoms with Gasteiger partial charge in [-0.15, -0.1) is 0 Å². The van der Waals surface area contributed by atoms with Gasteiger partial charge in [0.05, 0.1) is 56.9 Å². The Hall–Kier alpha value is -5.06. The number of methoxy groups -OCH3 is 8. The standard InChI is InChI=1S/C44H54N2O8/c1-47-37-19-27(31(23-41(37)51-5)17-35-33-25-43(53-7)39(49-3)21-29(33)13-15-45-35)11-9-10-12-28-20-38(48-2)42(52-6)24-32(28)18-36-34-26-44(54-8)40(50-4)22-30(34)14-16-46-36/h9-10,19-26,35-36,45-46H,11-18H2,1-8H3/b10-9+/t35-,36-/m1/s1. The monoisotopic (exact) mass is 738 g/mol. The lowest BCUT2D eigenvalue weighted by molar-refractivity contribution is 0.351. The van der Waals surface area contributed by atoms with Gasteiger partial charge in [-0.25, -0.2) is 0 Å². The number of nitrogens with one attached hydrogen (secondary N) is 2. The van der Waals surface area contributed by atoms with Gasteiger partial charge in [-0.2, -0.15) is 0 Å². The Morgan fingerprint density at radius 2 is 0.722 bits per heavy atom. The summed E-state index contributed by atoms with van der Waals surface area (Å²) in [5.41, 5.74) is 9.74. The highest BCUT2D eigenvalue weighted by atomic mass is 16.5. The van der Waals surface area contributed by atoms with E-state index < -0.39 is 0 Å². The second-order valence-electron chi connectivity index (χ2n) is 13.6. The van der Waals surface area contributed by atoms with E-state index >= 15 is 0 Å². The van der Waals surface area contributed by atoms with E-state index in [1.807, 2.05) is 0 Å². The Balaban J connectivity index is 1.27. The number of ether oxygens (including phenoxy) is 8. The third-order valence-corrected chi connectivity index (χ3v) is 10.7. The fourth-order valence-electron chi connectivity index (χ4n) is 7.85. The van der Waals surface area contributed by atoms with Gasteiger partial charge in [-0.3, -0.25) is 0 Å². The maximum atomic E-state index is 5.76. The Labute approximate surface area is 319 Å².